The fourth-order valence-corrected chi connectivity index (χ4v) is 2.86. The van der Waals surface area contributed by atoms with Gasteiger partial charge in [-0.3, -0.25) is 4.79 Å². The third kappa shape index (κ3) is 2.41. The number of phenols is 1. The number of benzene rings is 2. The SMILES string of the molecule is COc1ccc([C@@H]2CC(=O)c3c(O)cc(C)cc3O2)cc1C. The van der Waals surface area contributed by atoms with Crippen LogP contribution in [0, 0.1) is 13.8 Å². The van der Waals surface area contributed by atoms with Crippen molar-refractivity contribution in [3.63, 3.8) is 0 Å². The highest BCUT2D eigenvalue weighted by Crippen LogP contribution is 2.40. The third-order valence-electron chi connectivity index (χ3n) is 3.94. The van der Waals surface area contributed by atoms with E-state index in [0.717, 1.165) is 22.4 Å². The highest BCUT2D eigenvalue weighted by molar-refractivity contribution is 6.02. The summed E-state index contributed by atoms with van der Waals surface area (Å²) in [6.45, 7) is 3.81. The maximum atomic E-state index is 12.3. The number of Topliss-reactive ketones (excluding diaryl/α,β-unsaturated/α-hetero) is 1. The van der Waals surface area contributed by atoms with Crippen molar-refractivity contribution in [2.45, 2.75) is 26.4 Å². The molecule has 1 aliphatic heterocycles. The van der Waals surface area contributed by atoms with Crippen molar-refractivity contribution >= 4 is 5.78 Å². The second kappa shape index (κ2) is 5.37. The molecule has 0 aliphatic carbocycles. The van der Waals surface area contributed by atoms with Crippen molar-refractivity contribution < 1.29 is 19.4 Å². The van der Waals surface area contributed by atoms with Gasteiger partial charge in [0.2, 0.25) is 0 Å². The Kier molecular flexibility index (Phi) is 3.53. The molecule has 3 rings (SSSR count). The van der Waals surface area contributed by atoms with E-state index < -0.39 is 0 Å². The van der Waals surface area contributed by atoms with Gasteiger partial charge in [-0.15, -0.1) is 0 Å². The average molecular weight is 298 g/mol. The summed E-state index contributed by atoms with van der Waals surface area (Å²) in [6.07, 6.45) is -0.124. The maximum absolute atomic E-state index is 12.3. The van der Waals surface area contributed by atoms with Gasteiger partial charge >= 0.3 is 0 Å². The minimum atomic E-state index is -0.342. The monoisotopic (exact) mass is 298 g/mol. The van der Waals surface area contributed by atoms with Gasteiger partial charge in [0.05, 0.1) is 13.5 Å². The molecule has 2 aromatic rings. The molecule has 0 saturated carbocycles. The van der Waals surface area contributed by atoms with E-state index in [1.165, 1.54) is 0 Å². The quantitative estimate of drug-likeness (QED) is 0.918. The van der Waals surface area contributed by atoms with E-state index in [-0.39, 0.29) is 29.6 Å². The lowest BCUT2D eigenvalue weighted by atomic mass is 9.94. The van der Waals surface area contributed by atoms with Crippen molar-refractivity contribution in [3.05, 3.63) is 52.6 Å². The van der Waals surface area contributed by atoms with Gasteiger partial charge in [-0.05, 0) is 54.8 Å². The first-order valence-electron chi connectivity index (χ1n) is 7.17. The second-order valence-corrected chi connectivity index (χ2v) is 5.62. The molecular weight excluding hydrogens is 280 g/mol. The number of carbonyl (C=O) groups excluding carboxylic acids is 1. The number of hydrogen-bond acceptors (Lipinski definition) is 4. The topological polar surface area (TPSA) is 55.8 Å². The molecule has 0 fully saturated rings. The summed E-state index contributed by atoms with van der Waals surface area (Å²) in [5.41, 5.74) is 3.06. The lowest BCUT2D eigenvalue weighted by Gasteiger charge is -2.26. The van der Waals surface area contributed by atoms with Gasteiger partial charge in [-0.25, -0.2) is 0 Å². The molecule has 22 heavy (non-hydrogen) atoms. The molecule has 1 N–H and O–H groups in total. The van der Waals surface area contributed by atoms with E-state index >= 15 is 0 Å². The van der Waals surface area contributed by atoms with E-state index in [2.05, 4.69) is 0 Å². The fourth-order valence-electron chi connectivity index (χ4n) is 2.86. The maximum Gasteiger partial charge on any atom is 0.174 e. The molecule has 0 aromatic heterocycles. The molecule has 0 amide bonds. The van der Waals surface area contributed by atoms with Gasteiger partial charge in [0.25, 0.3) is 0 Å². The minimum absolute atomic E-state index is 0.00985. The third-order valence-corrected chi connectivity index (χ3v) is 3.94. The Morgan fingerprint density at radius 2 is 2.00 bits per heavy atom. The molecule has 1 atom stereocenters. The molecule has 0 radical (unpaired) electrons. The van der Waals surface area contributed by atoms with Crippen LogP contribution in [-0.4, -0.2) is 18.0 Å². The van der Waals surface area contributed by atoms with Crippen LogP contribution >= 0.6 is 0 Å². The fraction of sp³-hybridized carbons (Fsp3) is 0.278. The standard InChI is InChI=1S/C18H18O4/c1-10-6-13(19)18-14(20)9-16(22-17(18)7-10)12-4-5-15(21-3)11(2)8-12/h4-8,16,19H,9H2,1-3H3/t16-/m0/s1. The Morgan fingerprint density at radius 3 is 2.68 bits per heavy atom. The summed E-state index contributed by atoms with van der Waals surface area (Å²) >= 11 is 0. The first-order chi connectivity index (χ1) is 10.5. The number of methoxy groups -OCH3 is 1. The smallest absolute Gasteiger partial charge is 0.174 e. The number of rotatable bonds is 2. The Hall–Kier alpha value is -2.49. The molecule has 2 aromatic carbocycles. The van der Waals surface area contributed by atoms with Crippen LogP contribution < -0.4 is 9.47 Å². The zero-order chi connectivity index (χ0) is 15.9. The largest absolute Gasteiger partial charge is 0.507 e. The zero-order valence-electron chi connectivity index (χ0n) is 12.8. The molecule has 0 unspecified atom stereocenters. The second-order valence-electron chi connectivity index (χ2n) is 5.62. The molecule has 114 valence electrons. The van der Waals surface area contributed by atoms with Crippen molar-refractivity contribution in [1.82, 2.24) is 0 Å². The molecule has 1 heterocycles. The summed E-state index contributed by atoms with van der Waals surface area (Å²) in [7, 11) is 1.63. The van der Waals surface area contributed by atoms with Crippen LogP contribution in [0.15, 0.2) is 30.3 Å². The summed E-state index contributed by atoms with van der Waals surface area (Å²) in [5, 5.41) is 9.96. The van der Waals surface area contributed by atoms with Gasteiger partial charge in [0.15, 0.2) is 5.78 Å². The highest BCUT2D eigenvalue weighted by Gasteiger charge is 2.30. The van der Waals surface area contributed by atoms with Crippen LogP contribution in [0.1, 0.15) is 39.6 Å². The number of phenolic OH excluding ortho intramolecular Hbond substituents is 1. The van der Waals surface area contributed by atoms with Crippen LogP contribution in [-0.2, 0) is 0 Å². The van der Waals surface area contributed by atoms with Crippen molar-refractivity contribution in [3.8, 4) is 17.2 Å². The first-order valence-corrected chi connectivity index (χ1v) is 7.17. The summed E-state index contributed by atoms with van der Waals surface area (Å²) < 4.78 is 11.2. The zero-order valence-corrected chi connectivity index (χ0v) is 12.8. The molecular formula is C18H18O4. The van der Waals surface area contributed by atoms with Crippen molar-refractivity contribution in [2.24, 2.45) is 0 Å². The normalized spacial score (nSPS) is 16.9. The van der Waals surface area contributed by atoms with E-state index in [9.17, 15) is 9.90 Å². The van der Waals surface area contributed by atoms with Gasteiger partial charge in [0.1, 0.15) is 28.9 Å². The number of carbonyl (C=O) groups is 1. The first kappa shape index (κ1) is 14.4. The van der Waals surface area contributed by atoms with E-state index in [0.29, 0.717) is 5.75 Å². The number of ether oxygens (including phenoxy) is 2. The average Bonchev–Trinajstić information content (AvgIpc) is 2.45. The van der Waals surface area contributed by atoms with Crippen LogP contribution in [0.25, 0.3) is 0 Å². The Labute approximate surface area is 129 Å². The van der Waals surface area contributed by atoms with Crippen LogP contribution in [0.4, 0.5) is 0 Å². The van der Waals surface area contributed by atoms with Gasteiger partial charge < -0.3 is 14.6 Å². The number of fused-ring (bicyclic) bond motifs is 1. The van der Waals surface area contributed by atoms with Crippen LogP contribution in [0.3, 0.4) is 0 Å². The molecule has 0 saturated heterocycles. The van der Waals surface area contributed by atoms with Crippen molar-refractivity contribution in [2.75, 3.05) is 7.11 Å². The lowest BCUT2D eigenvalue weighted by molar-refractivity contribution is 0.0845. The van der Waals surface area contributed by atoms with E-state index in [4.69, 9.17) is 9.47 Å². The van der Waals surface area contributed by atoms with Gasteiger partial charge in [-0.2, -0.15) is 0 Å². The summed E-state index contributed by atoms with van der Waals surface area (Å²) in [6, 6.07) is 9.12. The molecule has 1 aliphatic rings. The molecule has 0 spiro atoms. The number of aromatic hydroxyl groups is 1. The molecule has 4 nitrogen and oxygen atoms in total. The Morgan fingerprint density at radius 1 is 1.23 bits per heavy atom. The molecule has 4 heteroatoms. The van der Waals surface area contributed by atoms with E-state index in [1.807, 2.05) is 32.0 Å². The van der Waals surface area contributed by atoms with Gasteiger partial charge in [-0.1, -0.05) is 6.07 Å². The molecule has 0 bridgehead atoms. The van der Waals surface area contributed by atoms with E-state index in [1.54, 1.807) is 19.2 Å². The van der Waals surface area contributed by atoms with Crippen LogP contribution in [0.2, 0.25) is 0 Å². The minimum Gasteiger partial charge on any atom is -0.507 e. The predicted molar refractivity (Wildman–Crippen MR) is 82.9 cm³/mol. The summed E-state index contributed by atoms with van der Waals surface area (Å²) in [4.78, 5) is 12.3. The van der Waals surface area contributed by atoms with Crippen LogP contribution in [0.5, 0.6) is 17.2 Å². The lowest BCUT2D eigenvalue weighted by Crippen LogP contribution is -2.20. The number of aryl methyl sites for hydroxylation is 2. The van der Waals surface area contributed by atoms with Crippen molar-refractivity contribution in [1.29, 1.82) is 0 Å². The number of hydrogen-bond donors (Lipinski definition) is 1. The highest BCUT2D eigenvalue weighted by atomic mass is 16.5. The van der Waals surface area contributed by atoms with Gasteiger partial charge in [0, 0.05) is 0 Å². The number of ketones is 1. The summed E-state index contributed by atoms with van der Waals surface area (Å²) in [5.74, 6) is 1.15. The Bertz CT molecular complexity index is 749. The predicted octanol–water partition coefficient (Wildman–Crippen LogP) is 3.72. The Balaban J connectivity index is 1.98.